The molecule has 3 heterocycles. The van der Waals surface area contributed by atoms with E-state index < -0.39 is 0 Å². The summed E-state index contributed by atoms with van der Waals surface area (Å²) in [6, 6.07) is 17.1. The molecular formula is C28H32N2O5. The molecule has 3 aromatic rings. The molecule has 0 atom stereocenters. The minimum Gasteiger partial charge on any atom is -0.490 e. The lowest BCUT2D eigenvalue weighted by atomic mass is 9.92. The van der Waals surface area contributed by atoms with Crippen molar-refractivity contribution in [2.45, 2.75) is 44.2 Å². The van der Waals surface area contributed by atoms with Crippen LogP contribution in [0.5, 0.6) is 11.5 Å². The van der Waals surface area contributed by atoms with E-state index in [4.69, 9.17) is 18.9 Å². The predicted molar refractivity (Wildman–Crippen MR) is 133 cm³/mol. The van der Waals surface area contributed by atoms with Crippen LogP contribution >= 0.6 is 0 Å². The fraction of sp³-hybridized carbons (Fsp3) is 0.464. The highest BCUT2D eigenvalue weighted by atomic mass is 16.6. The molecule has 1 saturated carbocycles. The monoisotopic (exact) mass is 476 g/mol. The van der Waals surface area contributed by atoms with Crippen LogP contribution in [0.25, 0.3) is 22.2 Å². The van der Waals surface area contributed by atoms with Crippen molar-refractivity contribution in [2.24, 2.45) is 0 Å². The third kappa shape index (κ3) is 4.75. The Labute approximate surface area is 205 Å². The molecule has 3 aliphatic rings. The van der Waals surface area contributed by atoms with Crippen LogP contribution in [0.15, 0.2) is 48.5 Å². The minimum atomic E-state index is -0.318. The van der Waals surface area contributed by atoms with Crippen LogP contribution in [0, 0.1) is 0 Å². The van der Waals surface area contributed by atoms with Gasteiger partial charge in [-0.1, -0.05) is 0 Å². The molecule has 0 radical (unpaired) electrons. The van der Waals surface area contributed by atoms with Gasteiger partial charge in [0.25, 0.3) is 0 Å². The summed E-state index contributed by atoms with van der Waals surface area (Å²) >= 11 is 0. The maximum Gasteiger partial charge on any atom is 0.415 e. The SMILES string of the molecule is O=C(Oc1ccc(-c2cc3ccc(OC4CCOCC4)cc3n2C2CCC2)cc1)N1CCOCC1. The lowest BCUT2D eigenvalue weighted by molar-refractivity contribution is 0.0256. The second kappa shape index (κ2) is 9.91. The Morgan fingerprint density at radius 1 is 0.829 bits per heavy atom. The normalized spacial score (nSPS) is 19.5. The van der Waals surface area contributed by atoms with Crippen molar-refractivity contribution in [2.75, 3.05) is 39.5 Å². The van der Waals surface area contributed by atoms with Gasteiger partial charge in [0.2, 0.25) is 0 Å². The van der Waals surface area contributed by atoms with Crippen molar-refractivity contribution < 1.29 is 23.7 Å². The van der Waals surface area contributed by atoms with Gasteiger partial charge in [0.1, 0.15) is 17.6 Å². The van der Waals surface area contributed by atoms with Gasteiger partial charge in [0, 0.05) is 49.1 Å². The number of fused-ring (bicyclic) bond motifs is 1. The van der Waals surface area contributed by atoms with Crippen LogP contribution < -0.4 is 9.47 Å². The molecule has 0 spiro atoms. The molecule has 2 saturated heterocycles. The van der Waals surface area contributed by atoms with E-state index in [9.17, 15) is 4.79 Å². The Hall–Kier alpha value is -3.03. The molecule has 1 aromatic heterocycles. The van der Waals surface area contributed by atoms with E-state index in [-0.39, 0.29) is 12.2 Å². The number of carbonyl (C=O) groups is 1. The Bertz CT molecular complexity index is 1170. The fourth-order valence-electron chi connectivity index (χ4n) is 5.13. The Balaban J connectivity index is 1.25. The number of hydrogen-bond donors (Lipinski definition) is 0. The zero-order chi connectivity index (χ0) is 23.6. The molecule has 0 N–H and O–H groups in total. The van der Waals surface area contributed by atoms with E-state index in [0.717, 1.165) is 37.4 Å². The number of amides is 1. The highest BCUT2D eigenvalue weighted by molar-refractivity contribution is 5.88. The fourth-order valence-corrected chi connectivity index (χ4v) is 5.13. The Morgan fingerprint density at radius 3 is 2.26 bits per heavy atom. The number of ether oxygens (including phenoxy) is 4. The van der Waals surface area contributed by atoms with E-state index in [1.165, 1.54) is 35.9 Å². The number of carbonyl (C=O) groups excluding carboxylic acids is 1. The van der Waals surface area contributed by atoms with Gasteiger partial charge in [-0.05, 0) is 67.3 Å². The molecule has 35 heavy (non-hydrogen) atoms. The molecule has 184 valence electrons. The quantitative estimate of drug-likeness (QED) is 0.492. The number of rotatable bonds is 5. The first kappa shape index (κ1) is 22.4. The summed E-state index contributed by atoms with van der Waals surface area (Å²) < 4.78 is 25.2. The van der Waals surface area contributed by atoms with Crippen LogP contribution in [0.3, 0.4) is 0 Å². The summed E-state index contributed by atoms with van der Waals surface area (Å²) in [5.74, 6) is 1.49. The molecule has 0 bridgehead atoms. The Kier molecular flexibility index (Phi) is 6.35. The summed E-state index contributed by atoms with van der Waals surface area (Å²) in [4.78, 5) is 14.1. The molecule has 1 aliphatic carbocycles. The summed E-state index contributed by atoms with van der Waals surface area (Å²) in [7, 11) is 0. The second-order valence-electron chi connectivity index (χ2n) is 9.63. The predicted octanol–water partition coefficient (Wildman–Crippen LogP) is 5.42. The maximum atomic E-state index is 12.4. The lowest BCUT2D eigenvalue weighted by Crippen LogP contribution is -2.42. The van der Waals surface area contributed by atoms with Crippen molar-refractivity contribution in [3.63, 3.8) is 0 Å². The van der Waals surface area contributed by atoms with E-state index in [0.29, 0.717) is 38.1 Å². The van der Waals surface area contributed by atoms with Gasteiger partial charge >= 0.3 is 6.09 Å². The smallest absolute Gasteiger partial charge is 0.415 e. The van der Waals surface area contributed by atoms with E-state index >= 15 is 0 Å². The third-order valence-electron chi connectivity index (χ3n) is 7.35. The first-order valence-corrected chi connectivity index (χ1v) is 12.8. The van der Waals surface area contributed by atoms with Crippen molar-refractivity contribution in [3.8, 4) is 22.8 Å². The number of morpholine rings is 1. The van der Waals surface area contributed by atoms with Gasteiger partial charge in [0.05, 0.1) is 31.9 Å². The average Bonchev–Trinajstić information content (AvgIpc) is 3.23. The molecule has 7 nitrogen and oxygen atoms in total. The van der Waals surface area contributed by atoms with Gasteiger partial charge in [-0.2, -0.15) is 0 Å². The van der Waals surface area contributed by atoms with Crippen LogP contribution in [0.4, 0.5) is 4.79 Å². The first-order valence-electron chi connectivity index (χ1n) is 12.8. The van der Waals surface area contributed by atoms with Gasteiger partial charge in [0.15, 0.2) is 0 Å². The molecule has 6 rings (SSSR count). The van der Waals surface area contributed by atoms with Gasteiger partial charge in [-0.25, -0.2) is 4.79 Å². The molecule has 0 unspecified atom stereocenters. The number of benzene rings is 2. The highest BCUT2D eigenvalue weighted by Crippen LogP contribution is 2.41. The molecule has 3 fully saturated rings. The molecule has 2 aliphatic heterocycles. The molecule has 1 amide bonds. The van der Waals surface area contributed by atoms with Gasteiger partial charge < -0.3 is 28.4 Å². The summed E-state index contributed by atoms with van der Waals surface area (Å²) in [5, 5.41) is 1.22. The topological polar surface area (TPSA) is 62.2 Å². The van der Waals surface area contributed by atoms with Gasteiger partial charge in [-0.3, -0.25) is 0 Å². The zero-order valence-corrected chi connectivity index (χ0v) is 20.0. The molecule has 7 heteroatoms. The van der Waals surface area contributed by atoms with Crippen molar-refractivity contribution in [1.29, 1.82) is 0 Å². The van der Waals surface area contributed by atoms with Crippen LogP contribution in [-0.4, -0.2) is 61.2 Å². The summed E-state index contributed by atoms with van der Waals surface area (Å²) in [5.41, 5.74) is 3.53. The Morgan fingerprint density at radius 2 is 1.54 bits per heavy atom. The average molecular weight is 477 g/mol. The molecular weight excluding hydrogens is 444 g/mol. The number of hydrogen-bond acceptors (Lipinski definition) is 5. The highest BCUT2D eigenvalue weighted by Gasteiger charge is 2.25. The first-order chi connectivity index (χ1) is 17.2. The lowest BCUT2D eigenvalue weighted by Gasteiger charge is -2.30. The van der Waals surface area contributed by atoms with Crippen molar-refractivity contribution in [1.82, 2.24) is 9.47 Å². The van der Waals surface area contributed by atoms with Crippen LogP contribution in [-0.2, 0) is 9.47 Å². The maximum absolute atomic E-state index is 12.4. The number of aromatic nitrogens is 1. The third-order valence-corrected chi connectivity index (χ3v) is 7.35. The van der Waals surface area contributed by atoms with Gasteiger partial charge in [-0.15, -0.1) is 0 Å². The van der Waals surface area contributed by atoms with E-state index in [1.807, 2.05) is 24.3 Å². The molecule has 2 aromatic carbocycles. The zero-order valence-electron chi connectivity index (χ0n) is 20.0. The van der Waals surface area contributed by atoms with Crippen LogP contribution in [0.1, 0.15) is 38.1 Å². The van der Waals surface area contributed by atoms with Crippen molar-refractivity contribution >= 4 is 17.0 Å². The summed E-state index contributed by atoms with van der Waals surface area (Å²) in [6.45, 7) is 3.79. The standard InChI is InChI=1S/C28H32N2O5/c31-28(29-12-16-33-17-13-29)35-23-7-4-20(5-8-23)26-18-21-6-9-25(34-24-10-14-32-15-11-24)19-27(21)30(26)22-2-1-3-22/h4-9,18-19,22,24H,1-3,10-17H2. The van der Waals surface area contributed by atoms with E-state index in [1.54, 1.807) is 4.90 Å². The van der Waals surface area contributed by atoms with E-state index in [2.05, 4.69) is 28.8 Å². The van der Waals surface area contributed by atoms with Crippen LogP contribution in [0.2, 0.25) is 0 Å². The minimum absolute atomic E-state index is 0.223. The largest absolute Gasteiger partial charge is 0.490 e. The summed E-state index contributed by atoms with van der Waals surface area (Å²) in [6.07, 6.45) is 5.43. The second-order valence-corrected chi connectivity index (χ2v) is 9.63. The van der Waals surface area contributed by atoms with Crippen molar-refractivity contribution in [3.05, 3.63) is 48.5 Å². The number of nitrogens with zero attached hydrogens (tertiary/aromatic N) is 2.